The Hall–Kier alpha value is -1.96. The lowest BCUT2D eigenvalue weighted by Crippen LogP contribution is -2.47. The molecule has 1 saturated heterocycles. The largest absolute Gasteiger partial charge is 0.492 e. The van der Waals surface area contributed by atoms with Crippen LogP contribution in [0, 0.1) is 0 Å². The smallest absolute Gasteiger partial charge is 0.230 e. The zero-order valence-electron chi connectivity index (χ0n) is 13.7. The average molecular weight is 343 g/mol. The Bertz CT molecular complexity index is 807. The van der Waals surface area contributed by atoms with Crippen LogP contribution < -0.4 is 0 Å². The van der Waals surface area contributed by atoms with Crippen molar-refractivity contribution in [2.45, 2.75) is 13.0 Å². The van der Waals surface area contributed by atoms with Gasteiger partial charge in [-0.05, 0) is 12.1 Å². The third-order valence-electron chi connectivity index (χ3n) is 4.72. The Labute approximate surface area is 145 Å². The zero-order chi connectivity index (χ0) is 16.5. The maximum atomic E-state index is 10.7. The van der Waals surface area contributed by atoms with Crippen LogP contribution in [0.15, 0.2) is 36.7 Å². The normalized spacial score (nSPS) is 18.2. The molecule has 7 heteroatoms. The van der Waals surface area contributed by atoms with Crippen molar-refractivity contribution < 1.29 is 5.11 Å². The quantitative estimate of drug-likeness (QED) is 0.787. The molecule has 3 heterocycles. The minimum Gasteiger partial charge on any atom is -0.492 e. The second kappa shape index (κ2) is 6.51. The van der Waals surface area contributed by atoms with Crippen LogP contribution in [-0.4, -0.2) is 62.2 Å². The van der Waals surface area contributed by atoms with E-state index in [9.17, 15) is 5.11 Å². The fourth-order valence-electron chi connectivity index (χ4n) is 3.37. The molecule has 1 unspecified atom stereocenters. The summed E-state index contributed by atoms with van der Waals surface area (Å²) in [6.07, 6.45) is 1.48. The topological polar surface area (TPSA) is 56.9 Å². The van der Waals surface area contributed by atoms with Gasteiger partial charge in [0.1, 0.15) is 6.33 Å². The molecule has 1 aliphatic rings. The first-order valence-corrected chi connectivity index (χ1v) is 9.12. The summed E-state index contributed by atoms with van der Waals surface area (Å²) in [4.78, 5) is 10.8. The van der Waals surface area contributed by atoms with E-state index in [-0.39, 0.29) is 11.9 Å². The van der Waals surface area contributed by atoms with Gasteiger partial charge < -0.3 is 10.0 Å². The van der Waals surface area contributed by atoms with Gasteiger partial charge in [-0.3, -0.25) is 4.90 Å². The lowest BCUT2D eigenvalue weighted by molar-refractivity contribution is 0.113. The summed E-state index contributed by atoms with van der Waals surface area (Å²) < 4.78 is 1.53. The molecule has 1 atom stereocenters. The minimum atomic E-state index is 0.0405. The van der Waals surface area contributed by atoms with E-state index in [2.05, 4.69) is 51.1 Å². The van der Waals surface area contributed by atoms with Crippen molar-refractivity contribution in [2.75, 3.05) is 32.7 Å². The molecule has 2 aromatic heterocycles. The van der Waals surface area contributed by atoms with E-state index in [1.807, 2.05) is 6.07 Å². The molecule has 0 amide bonds. The first kappa shape index (κ1) is 15.6. The second-order valence-electron chi connectivity index (χ2n) is 6.03. The number of hydrogen-bond donors (Lipinski definition) is 1. The highest BCUT2D eigenvalue weighted by atomic mass is 32.1. The number of nitrogens with zero attached hydrogens (tertiary/aromatic N) is 5. The van der Waals surface area contributed by atoms with Gasteiger partial charge in [-0.15, -0.1) is 0 Å². The van der Waals surface area contributed by atoms with Gasteiger partial charge in [0.2, 0.25) is 10.8 Å². The molecule has 4 rings (SSSR count). The third-order valence-corrected chi connectivity index (χ3v) is 5.81. The predicted octanol–water partition coefficient (Wildman–Crippen LogP) is 2.22. The molecule has 1 N–H and O–H groups in total. The molecule has 3 aromatic rings. The van der Waals surface area contributed by atoms with Crippen LogP contribution in [0.4, 0.5) is 0 Å². The molecule has 1 aliphatic heterocycles. The molecule has 0 spiro atoms. The van der Waals surface area contributed by atoms with Crippen LogP contribution in [0.2, 0.25) is 0 Å². The lowest BCUT2D eigenvalue weighted by atomic mass is 10.0. The molecule has 0 radical (unpaired) electrons. The van der Waals surface area contributed by atoms with E-state index in [0.717, 1.165) is 42.6 Å². The number of likely N-dealkylation sites (N-methyl/N-ethyl adjacent to an activating group) is 1. The van der Waals surface area contributed by atoms with E-state index >= 15 is 0 Å². The first-order valence-electron chi connectivity index (χ1n) is 8.30. The molecule has 0 aliphatic carbocycles. The van der Waals surface area contributed by atoms with Crippen molar-refractivity contribution in [1.82, 2.24) is 24.4 Å². The summed E-state index contributed by atoms with van der Waals surface area (Å²) >= 11 is 1.52. The molecule has 126 valence electrons. The standard InChI is InChI=1S/C17H21N5OS/c1-2-20-8-10-21(11-9-20)14(13-6-4-3-5-7-13)15-16(23)22-17(24-15)18-12-19-22/h3-7,12,14,23H,2,8-11H2,1H3. The number of aromatic nitrogens is 3. The highest BCUT2D eigenvalue weighted by molar-refractivity contribution is 7.17. The summed E-state index contributed by atoms with van der Waals surface area (Å²) in [5.74, 6) is 0.208. The fourth-order valence-corrected chi connectivity index (χ4v) is 4.46. The van der Waals surface area contributed by atoms with Gasteiger partial charge in [0.05, 0.1) is 10.9 Å². The maximum Gasteiger partial charge on any atom is 0.230 e. The minimum absolute atomic E-state index is 0.0405. The number of rotatable bonds is 4. The van der Waals surface area contributed by atoms with E-state index < -0.39 is 0 Å². The molecular formula is C17H21N5OS. The third kappa shape index (κ3) is 2.68. The van der Waals surface area contributed by atoms with Crippen molar-refractivity contribution in [2.24, 2.45) is 0 Å². The predicted molar refractivity (Wildman–Crippen MR) is 94.5 cm³/mol. The van der Waals surface area contributed by atoms with Crippen LogP contribution in [-0.2, 0) is 0 Å². The molecule has 24 heavy (non-hydrogen) atoms. The van der Waals surface area contributed by atoms with Crippen molar-refractivity contribution in [3.05, 3.63) is 47.1 Å². The van der Waals surface area contributed by atoms with Crippen molar-refractivity contribution in [3.8, 4) is 5.88 Å². The Morgan fingerprint density at radius 3 is 2.58 bits per heavy atom. The van der Waals surface area contributed by atoms with E-state index in [4.69, 9.17) is 0 Å². The number of piperazine rings is 1. The summed E-state index contributed by atoms with van der Waals surface area (Å²) in [5, 5.41) is 14.8. The molecular weight excluding hydrogens is 322 g/mol. The SMILES string of the molecule is CCN1CCN(C(c2ccccc2)c2sc3ncnn3c2O)CC1. The second-order valence-corrected chi connectivity index (χ2v) is 7.04. The number of benzene rings is 1. The maximum absolute atomic E-state index is 10.7. The Kier molecular flexibility index (Phi) is 4.22. The van der Waals surface area contributed by atoms with Crippen LogP contribution in [0.1, 0.15) is 23.4 Å². The number of fused-ring (bicyclic) bond motifs is 1. The highest BCUT2D eigenvalue weighted by Crippen LogP contribution is 2.39. The zero-order valence-corrected chi connectivity index (χ0v) is 14.5. The van der Waals surface area contributed by atoms with Gasteiger partial charge >= 0.3 is 0 Å². The number of aromatic hydroxyl groups is 1. The fraction of sp³-hybridized carbons (Fsp3) is 0.412. The van der Waals surface area contributed by atoms with E-state index in [1.165, 1.54) is 27.7 Å². The summed E-state index contributed by atoms with van der Waals surface area (Å²) in [5.41, 5.74) is 1.20. The number of hydrogen-bond acceptors (Lipinski definition) is 6. The van der Waals surface area contributed by atoms with Crippen molar-refractivity contribution in [3.63, 3.8) is 0 Å². The van der Waals surface area contributed by atoms with Gasteiger partial charge in [0, 0.05) is 26.2 Å². The van der Waals surface area contributed by atoms with E-state index in [1.54, 1.807) is 0 Å². The van der Waals surface area contributed by atoms with E-state index in [0.29, 0.717) is 0 Å². The first-order chi connectivity index (χ1) is 11.8. The van der Waals surface area contributed by atoms with Gasteiger partial charge in [-0.1, -0.05) is 48.6 Å². The molecule has 6 nitrogen and oxygen atoms in total. The van der Waals surface area contributed by atoms with Gasteiger partial charge in [-0.2, -0.15) is 9.61 Å². The molecule has 1 aromatic carbocycles. The number of thiazole rings is 1. The molecule has 1 fully saturated rings. The monoisotopic (exact) mass is 343 g/mol. The summed E-state index contributed by atoms with van der Waals surface area (Å²) in [6.45, 7) is 7.38. The van der Waals surface area contributed by atoms with Crippen LogP contribution >= 0.6 is 11.3 Å². The van der Waals surface area contributed by atoms with Gasteiger partial charge in [0.25, 0.3) is 0 Å². The summed E-state index contributed by atoms with van der Waals surface area (Å²) in [6, 6.07) is 10.4. The van der Waals surface area contributed by atoms with Crippen molar-refractivity contribution in [1.29, 1.82) is 0 Å². The average Bonchev–Trinajstić information content (AvgIpc) is 3.21. The molecule has 0 bridgehead atoms. The Balaban J connectivity index is 1.73. The highest BCUT2D eigenvalue weighted by Gasteiger charge is 2.30. The van der Waals surface area contributed by atoms with Crippen LogP contribution in [0.25, 0.3) is 4.96 Å². The lowest BCUT2D eigenvalue weighted by Gasteiger charge is -2.38. The summed E-state index contributed by atoms with van der Waals surface area (Å²) in [7, 11) is 0. The van der Waals surface area contributed by atoms with Crippen LogP contribution in [0.3, 0.4) is 0 Å². The Morgan fingerprint density at radius 2 is 1.92 bits per heavy atom. The van der Waals surface area contributed by atoms with Gasteiger partial charge in [-0.25, -0.2) is 4.98 Å². The van der Waals surface area contributed by atoms with Crippen LogP contribution in [0.5, 0.6) is 5.88 Å². The Morgan fingerprint density at radius 1 is 1.17 bits per heavy atom. The van der Waals surface area contributed by atoms with Crippen molar-refractivity contribution >= 4 is 16.3 Å². The molecule has 0 saturated carbocycles. The van der Waals surface area contributed by atoms with Gasteiger partial charge in [0.15, 0.2) is 0 Å².